The van der Waals surface area contributed by atoms with Crippen LogP contribution in [0.1, 0.15) is 15.9 Å². The highest BCUT2D eigenvalue weighted by Gasteiger charge is 2.11. The summed E-state index contributed by atoms with van der Waals surface area (Å²) < 4.78 is 7.24. The van der Waals surface area contributed by atoms with E-state index in [0.717, 1.165) is 22.8 Å². The van der Waals surface area contributed by atoms with Crippen LogP contribution in [-0.4, -0.2) is 22.9 Å². The molecule has 4 nitrogen and oxygen atoms in total. The number of ether oxygens (including phenoxy) is 1. The summed E-state index contributed by atoms with van der Waals surface area (Å²) in [5.41, 5.74) is 2.49. The molecule has 106 valence electrons. The number of carbonyl (C=O) groups excluding carboxylic acids is 1. The summed E-state index contributed by atoms with van der Waals surface area (Å²) in [6.07, 6.45) is 4.36. The lowest BCUT2D eigenvalue weighted by atomic mass is 10.2. The van der Waals surface area contributed by atoms with Crippen LogP contribution in [0.25, 0.3) is 10.9 Å². The molecule has 3 aromatic rings. The predicted octanol–water partition coefficient (Wildman–Crippen LogP) is 3.56. The SMILES string of the molecule is COc1ncccc1Cn1cc(C=O)c2ccc(Cl)cc21. The number of aromatic nitrogens is 2. The molecule has 3 rings (SSSR count). The lowest BCUT2D eigenvalue weighted by Crippen LogP contribution is -2.01. The van der Waals surface area contributed by atoms with Crippen molar-refractivity contribution in [3.05, 3.63) is 58.9 Å². The van der Waals surface area contributed by atoms with Crippen molar-refractivity contribution in [3.8, 4) is 5.88 Å². The molecule has 0 N–H and O–H groups in total. The summed E-state index contributed by atoms with van der Waals surface area (Å²) in [5.74, 6) is 0.578. The molecule has 0 aliphatic carbocycles. The molecular formula is C16H13ClN2O2. The fourth-order valence-electron chi connectivity index (χ4n) is 2.43. The molecule has 0 saturated heterocycles. The maximum Gasteiger partial charge on any atom is 0.218 e. The van der Waals surface area contributed by atoms with Gasteiger partial charge in [0.05, 0.1) is 19.2 Å². The molecule has 2 aromatic heterocycles. The Morgan fingerprint density at radius 1 is 1.38 bits per heavy atom. The van der Waals surface area contributed by atoms with Crippen molar-refractivity contribution in [1.82, 2.24) is 9.55 Å². The molecule has 0 radical (unpaired) electrons. The number of pyridine rings is 1. The minimum Gasteiger partial charge on any atom is -0.481 e. The second-order valence-electron chi connectivity index (χ2n) is 4.66. The van der Waals surface area contributed by atoms with Gasteiger partial charge >= 0.3 is 0 Å². The van der Waals surface area contributed by atoms with E-state index >= 15 is 0 Å². The Kier molecular flexibility index (Phi) is 3.62. The first kappa shape index (κ1) is 13.6. The molecule has 0 fully saturated rings. The molecule has 1 aromatic carbocycles. The monoisotopic (exact) mass is 300 g/mol. The summed E-state index contributed by atoms with van der Waals surface area (Å²) >= 11 is 6.07. The second-order valence-corrected chi connectivity index (χ2v) is 5.10. The van der Waals surface area contributed by atoms with Gasteiger partial charge in [0.1, 0.15) is 0 Å². The Bertz CT molecular complexity index is 811. The quantitative estimate of drug-likeness (QED) is 0.692. The number of rotatable bonds is 4. The molecule has 21 heavy (non-hydrogen) atoms. The van der Waals surface area contributed by atoms with Gasteiger partial charge in [-0.25, -0.2) is 4.98 Å². The number of methoxy groups -OCH3 is 1. The van der Waals surface area contributed by atoms with Gasteiger partial charge in [0.15, 0.2) is 6.29 Å². The zero-order chi connectivity index (χ0) is 14.8. The number of nitrogens with zero attached hydrogens (tertiary/aromatic N) is 2. The number of carbonyl (C=O) groups is 1. The van der Waals surface area contributed by atoms with Crippen LogP contribution in [0.15, 0.2) is 42.7 Å². The average Bonchev–Trinajstić information content (AvgIpc) is 2.85. The van der Waals surface area contributed by atoms with Crippen molar-refractivity contribution in [1.29, 1.82) is 0 Å². The minimum absolute atomic E-state index is 0.557. The zero-order valence-corrected chi connectivity index (χ0v) is 12.2. The topological polar surface area (TPSA) is 44.1 Å². The van der Waals surface area contributed by atoms with Gasteiger partial charge in [-0.05, 0) is 18.2 Å². The lowest BCUT2D eigenvalue weighted by Gasteiger charge is -2.09. The summed E-state index contributed by atoms with van der Waals surface area (Å²) in [5, 5.41) is 1.52. The molecule has 2 heterocycles. The number of fused-ring (bicyclic) bond motifs is 1. The third-order valence-electron chi connectivity index (χ3n) is 3.39. The van der Waals surface area contributed by atoms with Crippen LogP contribution in [0.5, 0.6) is 5.88 Å². The summed E-state index contributed by atoms with van der Waals surface area (Å²) in [7, 11) is 1.59. The van der Waals surface area contributed by atoms with Crippen molar-refractivity contribution < 1.29 is 9.53 Å². The second kappa shape index (κ2) is 5.58. The molecule has 5 heteroatoms. The van der Waals surface area contributed by atoms with Crippen LogP contribution in [-0.2, 0) is 6.54 Å². The number of benzene rings is 1. The predicted molar refractivity (Wildman–Crippen MR) is 82.2 cm³/mol. The Labute approximate surface area is 126 Å². The summed E-state index contributed by atoms with van der Waals surface area (Å²) in [4.78, 5) is 15.4. The normalized spacial score (nSPS) is 10.8. The lowest BCUT2D eigenvalue weighted by molar-refractivity contribution is 0.112. The summed E-state index contributed by atoms with van der Waals surface area (Å²) in [6, 6.07) is 9.30. The highest BCUT2D eigenvalue weighted by Crippen LogP contribution is 2.26. The van der Waals surface area contributed by atoms with Crippen LogP contribution in [0, 0.1) is 0 Å². The Morgan fingerprint density at radius 2 is 2.24 bits per heavy atom. The van der Waals surface area contributed by atoms with Crippen molar-refractivity contribution in [2.24, 2.45) is 0 Å². The Hall–Kier alpha value is -2.33. The van der Waals surface area contributed by atoms with Crippen molar-refractivity contribution in [2.45, 2.75) is 6.54 Å². The van der Waals surface area contributed by atoms with Crippen LogP contribution >= 0.6 is 11.6 Å². The first-order valence-electron chi connectivity index (χ1n) is 6.44. The van der Waals surface area contributed by atoms with E-state index in [-0.39, 0.29) is 0 Å². The van der Waals surface area contributed by atoms with E-state index < -0.39 is 0 Å². The average molecular weight is 301 g/mol. The fraction of sp³-hybridized carbons (Fsp3) is 0.125. The van der Waals surface area contributed by atoms with Crippen molar-refractivity contribution in [3.63, 3.8) is 0 Å². The third-order valence-corrected chi connectivity index (χ3v) is 3.62. The van der Waals surface area contributed by atoms with E-state index in [1.54, 1.807) is 19.4 Å². The first-order valence-corrected chi connectivity index (χ1v) is 6.82. The molecule has 0 aliphatic heterocycles. The standard InChI is InChI=1S/C16H13ClN2O2/c1-21-16-11(3-2-6-18-16)8-19-9-12(10-20)14-5-4-13(17)7-15(14)19/h2-7,9-10H,8H2,1H3. The maximum absolute atomic E-state index is 11.2. The van der Waals surface area contributed by atoms with Gasteiger partial charge in [-0.15, -0.1) is 0 Å². The molecule has 0 saturated carbocycles. The van der Waals surface area contributed by atoms with Crippen molar-refractivity contribution >= 4 is 28.8 Å². The first-order chi connectivity index (χ1) is 10.2. The van der Waals surface area contributed by atoms with Crippen molar-refractivity contribution in [2.75, 3.05) is 7.11 Å². The number of hydrogen-bond donors (Lipinski definition) is 0. The van der Waals surface area contributed by atoms with E-state index in [0.29, 0.717) is 23.0 Å². The molecule has 0 amide bonds. The van der Waals surface area contributed by atoms with Gasteiger partial charge in [0, 0.05) is 33.9 Å². The number of aldehydes is 1. The molecule has 0 spiro atoms. The van der Waals surface area contributed by atoms with E-state index in [1.807, 2.05) is 35.0 Å². The van der Waals surface area contributed by atoms with Gasteiger partial charge in [-0.2, -0.15) is 0 Å². The molecule has 0 atom stereocenters. The van der Waals surface area contributed by atoms with Crippen LogP contribution in [0.2, 0.25) is 5.02 Å². The van der Waals surface area contributed by atoms with E-state index in [9.17, 15) is 4.79 Å². The molecule has 0 aliphatic rings. The maximum atomic E-state index is 11.2. The largest absolute Gasteiger partial charge is 0.481 e. The molecular weight excluding hydrogens is 288 g/mol. The fourth-order valence-corrected chi connectivity index (χ4v) is 2.60. The van der Waals surface area contributed by atoms with E-state index in [1.165, 1.54) is 0 Å². The Morgan fingerprint density at radius 3 is 3.00 bits per heavy atom. The van der Waals surface area contributed by atoms with E-state index in [2.05, 4.69) is 4.98 Å². The highest BCUT2D eigenvalue weighted by atomic mass is 35.5. The number of hydrogen-bond acceptors (Lipinski definition) is 3. The summed E-state index contributed by atoms with van der Waals surface area (Å²) in [6.45, 7) is 0.557. The van der Waals surface area contributed by atoms with E-state index in [4.69, 9.17) is 16.3 Å². The zero-order valence-electron chi connectivity index (χ0n) is 11.4. The molecule has 0 bridgehead atoms. The number of halogens is 1. The minimum atomic E-state index is 0.557. The Balaban J connectivity index is 2.12. The van der Waals surface area contributed by atoms with Gasteiger partial charge in [0.25, 0.3) is 0 Å². The smallest absolute Gasteiger partial charge is 0.218 e. The van der Waals surface area contributed by atoms with Crippen LogP contribution in [0.3, 0.4) is 0 Å². The van der Waals surface area contributed by atoms with Gasteiger partial charge < -0.3 is 9.30 Å². The van der Waals surface area contributed by atoms with Gasteiger partial charge in [0.2, 0.25) is 5.88 Å². The highest BCUT2D eigenvalue weighted by molar-refractivity contribution is 6.31. The van der Waals surface area contributed by atoms with Gasteiger partial charge in [-0.3, -0.25) is 4.79 Å². The third kappa shape index (κ3) is 2.50. The van der Waals surface area contributed by atoms with Crippen LogP contribution < -0.4 is 4.74 Å². The van der Waals surface area contributed by atoms with Gasteiger partial charge in [-0.1, -0.05) is 23.7 Å². The van der Waals surface area contributed by atoms with Crippen LogP contribution in [0.4, 0.5) is 0 Å². The molecule has 0 unspecified atom stereocenters.